The third kappa shape index (κ3) is 2.88. The summed E-state index contributed by atoms with van der Waals surface area (Å²) in [5.74, 6) is 0.436. The molecular weight excluding hydrogens is 233 g/mol. The monoisotopic (exact) mass is 246 g/mol. The van der Waals surface area contributed by atoms with Crippen LogP contribution in [0.2, 0.25) is 0 Å². The van der Waals surface area contributed by atoms with Gasteiger partial charge in [0, 0.05) is 12.8 Å². The van der Waals surface area contributed by atoms with Crippen LogP contribution in [0.5, 0.6) is 0 Å². The Hall–Kier alpha value is -1.30. The summed E-state index contributed by atoms with van der Waals surface area (Å²) in [6.45, 7) is 3.15. The van der Waals surface area contributed by atoms with Crippen molar-refractivity contribution in [2.45, 2.75) is 25.1 Å². The fourth-order valence-corrected chi connectivity index (χ4v) is 1.71. The van der Waals surface area contributed by atoms with Gasteiger partial charge in [-0.2, -0.15) is 13.2 Å². The highest BCUT2D eigenvalue weighted by molar-refractivity contribution is 5.39. The topological polar surface area (TPSA) is 34.2 Å². The van der Waals surface area contributed by atoms with Gasteiger partial charge in [-0.15, -0.1) is 0 Å². The maximum atomic E-state index is 12.3. The molecule has 6 heteroatoms. The van der Waals surface area contributed by atoms with Crippen molar-refractivity contribution in [1.29, 1.82) is 0 Å². The van der Waals surface area contributed by atoms with Crippen molar-refractivity contribution in [3.8, 4) is 0 Å². The second-order valence-corrected chi connectivity index (χ2v) is 4.42. The lowest BCUT2D eigenvalue weighted by Gasteiger charge is -2.24. The van der Waals surface area contributed by atoms with Crippen molar-refractivity contribution in [3.63, 3.8) is 0 Å². The summed E-state index contributed by atoms with van der Waals surface area (Å²) >= 11 is 0. The summed E-state index contributed by atoms with van der Waals surface area (Å²) in [5.41, 5.74) is -0.983. The van der Waals surface area contributed by atoms with Gasteiger partial charge < -0.3 is 10.1 Å². The Morgan fingerprint density at radius 3 is 2.65 bits per heavy atom. The van der Waals surface area contributed by atoms with Crippen molar-refractivity contribution >= 4 is 5.82 Å². The fraction of sp³-hybridized carbons (Fsp3) is 0.545. The Labute approximate surface area is 97.0 Å². The number of anilines is 1. The zero-order valence-electron chi connectivity index (χ0n) is 9.34. The first-order valence-corrected chi connectivity index (χ1v) is 5.28. The molecule has 0 amide bonds. The number of hydrogen-bond donors (Lipinski definition) is 1. The Bertz CT molecular complexity index is 383. The molecule has 0 spiro atoms. The first kappa shape index (κ1) is 12.2. The molecule has 1 aromatic heterocycles. The Morgan fingerprint density at radius 2 is 2.18 bits per heavy atom. The molecule has 1 atom stereocenters. The molecule has 1 saturated heterocycles. The molecule has 0 saturated carbocycles. The maximum absolute atomic E-state index is 12.3. The zero-order chi connectivity index (χ0) is 12.5. The Morgan fingerprint density at radius 1 is 1.41 bits per heavy atom. The summed E-state index contributed by atoms with van der Waals surface area (Å²) < 4.78 is 42.2. The van der Waals surface area contributed by atoms with Gasteiger partial charge >= 0.3 is 6.18 Å². The highest BCUT2D eigenvalue weighted by Gasteiger charge is 2.32. The van der Waals surface area contributed by atoms with E-state index in [0.29, 0.717) is 19.0 Å². The lowest BCUT2D eigenvalue weighted by Crippen LogP contribution is -2.35. The number of alkyl halides is 3. The summed E-state index contributed by atoms with van der Waals surface area (Å²) in [7, 11) is 0. The van der Waals surface area contributed by atoms with Crippen LogP contribution >= 0.6 is 0 Å². The minimum Gasteiger partial charge on any atom is -0.379 e. The van der Waals surface area contributed by atoms with E-state index in [0.717, 1.165) is 18.7 Å². The molecule has 0 radical (unpaired) electrons. The van der Waals surface area contributed by atoms with Crippen LogP contribution in [0.15, 0.2) is 18.3 Å². The number of aromatic nitrogens is 1. The molecular formula is C11H13F3N2O. The minimum atomic E-state index is -4.34. The van der Waals surface area contributed by atoms with Crippen LogP contribution in [0.25, 0.3) is 0 Å². The van der Waals surface area contributed by atoms with E-state index in [1.807, 2.05) is 6.92 Å². The zero-order valence-corrected chi connectivity index (χ0v) is 9.34. The minimum absolute atomic E-state index is 0.243. The molecule has 1 N–H and O–H groups in total. The third-order valence-electron chi connectivity index (χ3n) is 2.74. The van der Waals surface area contributed by atoms with Gasteiger partial charge in [0.25, 0.3) is 0 Å². The predicted octanol–water partition coefficient (Wildman–Crippen LogP) is 2.69. The Balaban J connectivity index is 2.08. The largest absolute Gasteiger partial charge is 0.417 e. The van der Waals surface area contributed by atoms with Crippen LogP contribution in [0.4, 0.5) is 19.0 Å². The standard InChI is InChI=1S/C11H13F3N2O/c1-10(4-5-17-7-10)16-9-3-2-8(6-15-9)11(12,13)14/h2-3,6H,4-5,7H2,1H3,(H,15,16). The van der Waals surface area contributed by atoms with Crippen molar-refractivity contribution in [1.82, 2.24) is 4.98 Å². The molecule has 1 fully saturated rings. The number of pyridine rings is 1. The van der Waals surface area contributed by atoms with E-state index < -0.39 is 11.7 Å². The number of nitrogens with zero attached hydrogens (tertiary/aromatic N) is 1. The number of nitrogens with one attached hydrogen (secondary N) is 1. The first-order valence-electron chi connectivity index (χ1n) is 5.28. The van der Waals surface area contributed by atoms with E-state index in [4.69, 9.17) is 4.74 Å². The highest BCUT2D eigenvalue weighted by Crippen LogP contribution is 2.29. The normalized spacial score (nSPS) is 24.9. The molecule has 1 aliphatic rings. The van der Waals surface area contributed by atoms with Crippen molar-refractivity contribution in [2.75, 3.05) is 18.5 Å². The number of ether oxygens (including phenoxy) is 1. The first-order chi connectivity index (χ1) is 7.89. The van der Waals surface area contributed by atoms with Gasteiger partial charge in [-0.25, -0.2) is 4.98 Å². The van der Waals surface area contributed by atoms with E-state index >= 15 is 0 Å². The van der Waals surface area contributed by atoms with E-state index in [1.165, 1.54) is 6.07 Å². The van der Waals surface area contributed by atoms with Gasteiger partial charge in [-0.1, -0.05) is 0 Å². The quantitative estimate of drug-likeness (QED) is 0.871. The van der Waals surface area contributed by atoms with Crippen molar-refractivity contribution in [2.24, 2.45) is 0 Å². The van der Waals surface area contributed by atoms with Gasteiger partial charge in [0.15, 0.2) is 0 Å². The van der Waals surface area contributed by atoms with Gasteiger partial charge in [0.1, 0.15) is 5.82 Å². The smallest absolute Gasteiger partial charge is 0.379 e. The van der Waals surface area contributed by atoms with E-state index in [2.05, 4.69) is 10.3 Å². The molecule has 2 heterocycles. The molecule has 0 bridgehead atoms. The van der Waals surface area contributed by atoms with Gasteiger partial charge in [0.2, 0.25) is 0 Å². The number of rotatable bonds is 2. The van der Waals surface area contributed by atoms with Gasteiger partial charge in [0.05, 0.1) is 17.7 Å². The van der Waals surface area contributed by atoms with Crippen LogP contribution in [-0.2, 0) is 10.9 Å². The summed E-state index contributed by atoms with van der Waals surface area (Å²) in [5, 5.41) is 3.09. The molecule has 3 nitrogen and oxygen atoms in total. The molecule has 17 heavy (non-hydrogen) atoms. The number of halogens is 3. The van der Waals surface area contributed by atoms with E-state index in [1.54, 1.807) is 0 Å². The fourth-order valence-electron chi connectivity index (χ4n) is 1.71. The average Bonchev–Trinajstić information content (AvgIpc) is 2.64. The molecule has 0 aliphatic carbocycles. The molecule has 2 rings (SSSR count). The Kier molecular flexibility index (Phi) is 2.99. The van der Waals surface area contributed by atoms with Gasteiger partial charge in [-0.05, 0) is 25.5 Å². The predicted molar refractivity (Wildman–Crippen MR) is 56.7 cm³/mol. The summed E-state index contributed by atoms with van der Waals surface area (Å²) in [4.78, 5) is 3.77. The van der Waals surface area contributed by atoms with Crippen LogP contribution in [-0.4, -0.2) is 23.7 Å². The molecule has 94 valence electrons. The summed E-state index contributed by atoms with van der Waals surface area (Å²) in [6, 6.07) is 2.36. The molecule has 1 unspecified atom stereocenters. The van der Waals surface area contributed by atoms with Crippen molar-refractivity contribution in [3.05, 3.63) is 23.9 Å². The van der Waals surface area contributed by atoms with Gasteiger partial charge in [-0.3, -0.25) is 0 Å². The third-order valence-corrected chi connectivity index (χ3v) is 2.74. The SMILES string of the molecule is CC1(Nc2ccc(C(F)(F)F)cn2)CCOC1. The maximum Gasteiger partial charge on any atom is 0.417 e. The van der Waals surface area contributed by atoms with Crippen molar-refractivity contribution < 1.29 is 17.9 Å². The van der Waals surface area contributed by atoms with Crippen LogP contribution in [0.1, 0.15) is 18.9 Å². The molecule has 0 aromatic carbocycles. The van der Waals surface area contributed by atoms with E-state index in [9.17, 15) is 13.2 Å². The highest BCUT2D eigenvalue weighted by atomic mass is 19.4. The molecule has 1 aliphatic heterocycles. The average molecular weight is 246 g/mol. The number of hydrogen-bond acceptors (Lipinski definition) is 3. The lowest BCUT2D eigenvalue weighted by atomic mass is 10.0. The van der Waals surface area contributed by atoms with E-state index in [-0.39, 0.29) is 5.54 Å². The molecule has 1 aromatic rings. The van der Waals surface area contributed by atoms with Crippen LogP contribution < -0.4 is 5.32 Å². The second kappa shape index (κ2) is 4.18. The van der Waals surface area contributed by atoms with Crippen LogP contribution in [0.3, 0.4) is 0 Å². The second-order valence-electron chi connectivity index (χ2n) is 4.42. The van der Waals surface area contributed by atoms with Crippen LogP contribution in [0, 0.1) is 0 Å². The summed E-state index contributed by atoms with van der Waals surface area (Å²) in [6.07, 6.45) is -2.69. The lowest BCUT2D eigenvalue weighted by molar-refractivity contribution is -0.137.